The number of esters is 1. The number of methoxy groups -OCH3 is 3. The van der Waals surface area contributed by atoms with Gasteiger partial charge in [-0.05, 0) is 48.0 Å². The number of benzene rings is 2. The molecule has 0 N–H and O–H groups in total. The molecule has 3 rings (SSSR count). The number of rotatable bonds is 5. The zero-order chi connectivity index (χ0) is 21.9. The first-order valence-electron chi connectivity index (χ1n) is 8.78. The number of alkyl halides is 3. The van der Waals surface area contributed by atoms with Gasteiger partial charge in [-0.15, -0.1) is 0 Å². The molecule has 0 fully saturated rings. The Hall–Kier alpha value is -3.55. The van der Waals surface area contributed by atoms with Gasteiger partial charge < -0.3 is 14.2 Å². The average molecular weight is 417 g/mol. The van der Waals surface area contributed by atoms with Crippen molar-refractivity contribution in [1.29, 1.82) is 0 Å². The molecule has 156 valence electrons. The minimum Gasteiger partial charge on any atom is -0.497 e. The molecular weight excluding hydrogens is 399 g/mol. The van der Waals surface area contributed by atoms with Gasteiger partial charge in [-0.1, -0.05) is 12.1 Å². The number of aromatic nitrogens is 1. The highest BCUT2D eigenvalue weighted by Gasteiger charge is 2.35. The largest absolute Gasteiger partial charge is 0.497 e. The lowest BCUT2D eigenvalue weighted by Gasteiger charge is -2.17. The SMILES string of the molecule is COC(=O)c1c(-c2cccc(OC)c2)cc(C(F)(F)F)nc1-c1ccc(OC)cc1. The Kier molecular flexibility index (Phi) is 5.96. The van der Waals surface area contributed by atoms with Gasteiger partial charge >= 0.3 is 12.1 Å². The molecular formula is C22H18F3NO4. The van der Waals surface area contributed by atoms with Gasteiger partial charge in [0, 0.05) is 11.1 Å². The van der Waals surface area contributed by atoms with Gasteiger partial charge in [0.15, 0.2) is 0 Å². The van der Waals surface area contributed by atoms with Gasteiger partial charge in [0.25, 0.3) is 0 Å². The molecule has 0 atom stereocenters. The van der Waals surface area contributed by atoms with Crippen molar-refractivity contribution in [2.45, 2.75) is 6.18 Å². The molecule has 30 heavy (non-hydrogen) atoms. The predicted molar refractivity (Wildman–Crippen MR) is 105 cm³/mol. The molecule has 1 heterocycles. The first kappa shape index (κ1) is 21.2. The van der Waals surface area contributed by atoms with Crippen LogP contribution in [0.3, 0.4) is 0 Å². The van der Waals surface area contributed by atoms with Gasteiger partial charge in [-0.25, -0.2) is 9.78 Å². The lowest BCUT2D eigenvalue weighted by molar-refractivity contribution is -0.141. The van der Waals surface area contributed by atoms with Crippen LogP contribution in [0.2, 0.25) is 0 Å². The molecule has 0 spiro atoms. The summed E-state index contributed by atoms with van der Waals surface area (Å²) in [6.45, 7) is 0. The lowest BCUT2D eigenvalue weighted by Crippen LogP contribution is -2.14. The van der Waals surface area contributed by atoms with Crippen molar-refractivity contribution in [3.8, 4) is 33.9 Å². The van der Waals surface area contributed by atoms with E-state index in [0.29, 0.717) is 22.6 Å². The average Bonchev–Trinajstić information content (AvgIpc) is 2.77. The molecule has 0 aliphatic carbocycles. The van der Waals surface area contributed by atoms with Crippen LogP contribution in [0.5, 0.6) is 11.5 Å². The minimum atomic E-state index is -4.72. The van der Waals surface area contributed by atoms with E-state index in [2.05, 4.69) is 4.98 Å². The maximum Gasteiger partial charge on any atom is 0.433 e. The van der Waals surface area contributed by atoms with Crippen molar-refractivity contribution < 1.29 is 32.2 Å². The molecule has 0 aliphatic heterocycles. The van der Waals surface area contributed by atoms with Gasteiger partial charge in [-0.3, -0.25) is 0 Å². The zero-order valence-electron chi connectivity index (χ0n) is 16.4. The van der Waals surface area contributed by atoms with Crippen LogP contribution in [0.25, 0.3) is 22.4 Å². The topological polar surface area (TPSA) is 57.7 Å². The quantitative estimate of drug-likeness (QED) is 0.532. The van der Waals surface area contributed by atoms with E-state index >= 15 is 0 Å². The molecule has 2 aromatic carbocycles. The first-order chi connectivity index (χ1) is 14.3. The predicted octanol–water partition coefficient (Wildman–Crippen LogP) is 5.24. The van der Waals surface area contributed by atoms with Crippen LogP contribution >= 0.6 is 0 Å². The van der Waals surface area contributed by atoms with Crippen molar-refractivity contribution in [3.05, 3.63) is 65.9 Å². The Balaban J connectivity index is 2.37. The summed E-state index contributed by atoms with van der Waals surface area (Å²) < 4.78 is 56.0. The molecule has 0 saturated heterocycles. The molecule has 3 aromatic rings. The van der Waals surface area contributed by atoms with Gasteiger partial charge in [0.2, 0.25) is 0 Å². The number of hydrogen-bond acceptors (Lipinski definition) is 5. The van der Waals surface area contributed by atoms with Crippen LogP contribution in [-0.2, 0) is 10.9 Å². The van der Waals surface area contributed by atoms with E-state index in [-0.39, 0.29) is 16.8 Å². The second kappa shape index (κ2) is 8.44. The molecule has 0 amide bonds. The van der Waals surface area contributed by atoms with E-state index in [0.717, 1.165) is 13.2 Å². The highest BCUT2D eigenvalue weighted by atomic mass is 19.4. The summed E-state index contributed by atoms with van der Waals surface area (Å²) in [5.74, 6) is 0.137. The second-order valence-corrected chi connectivity index (χ2v) is 6.23. The highest BCUT2D eigenvalue weighted by molar-refractivity contribution is 6.03. The monoisotopic (exact) mass is 417 g/mol. The maximum absolute atomic E-state index is 13.6. The second-order valence-electron chi connectivity index (χ2n) is 6.23. The lowest BCUT2D eigenvalue weighted by atomic mass is 9.94. The van der Waals surface area contributed by atoms with Crippen LogP contribution in [0.15, 0.2) is 54.6 Å². The zero-order valence-corrected chi connectivity index (χ0v) is 16.4. The third-order valence-corrected chi connectivity index (χ3v) is 4.44. The van der Waals surface area contributed by atoms with Crippen LogP contribution in [-0.4, -0.2) is 32.3 Å². The summed E-state index contributed by atoms with van der Waals surface area (Å²) >= 11 is 0. The number of carbonyl (C=O) groups excluding carboxylic acids is 1. The number of ether oxygens (including phenoxy) is 3. The standard InChI is InChI=1S/C22H18F3NO4/c1-28-15-9-7-13(8-10-15)20-19(21(27)30-3)17(12-18(26-20)22(23,24)25)14-5-4-6-16(11-14)29-2/h4-12H,1-3H3. The summed E-state index contributed by atoms with van der Waals surface area (Å²) in [4.78, 5) is 16.4. The van der Waals surface area contributed by atoms with Gasteiger partial charge in [0.1, 0.15) is 17.2 Å². The van der Waals surface area contributed by atoms with Crippen LogP contribution < -0.4 is 9.47 Å². The number of halogens is 3. The van der Waals surface area contributed by atoms with Gasteiger partial charge in [-0.2, -0.15) is 13.2 Å². The Morgan fingerprint density at radius 3 is 2.10 bits per heavy atom. The van der Waals surface area contributed by atoms with Gasteiger partial charge in [0.05, 0.1) is 32.6 Å². The van der Waals surface area contributed by atoms with Crippen LogP contribution in [0.4, 0.5) is 13.2 Å². The molecule has 0 aliphatic rings. The van der Waals surface area contributed by atoms with E-state index < -0.39 is 17.8 Å². The smallest absolute Gasteiger partial charge is 0.433 e. The van der Waals surface area contributed by atoms with Crippen molar-refractivity contribution in [2.75, 3.05) is 21.3 Å². The Labute approximate surface area is 171 Å². The minimum absolute atomic E-state index is 0.0360. The van der Waals surface area contributed by atoms with E-state index in [9.17, 15) is 18.0 Å². The molecule has 8 heteroatoms. The van der Waals surface area contributed by atoms with E-state index in [4.69, 9.17) is 14.2 Å². The number of nitrogens with zero attached hydrogens (tertiary/aromatic N) is 1. The van der Waals surface area contributed by atoms with Crippen molar-refractivity contribution in [2.24, 2.45) is 0 Å². The third kappa shape index (κ3) is 4.22. The molecule has 0 unspecified atom stereocenters. The first-order valence-corrected chi connectivity index (χ1v) is 8.78. The van der Waals surface area contributed by atoms with E-state index in [1.807, 2.05) is 0 Å². The highest BCUT2D eigenvalue weighted by Crippen LogP contribution is 2.38. The summed E-state index contributed by atoms with van der Waals surface area (Å²) in [7, 11) is 4.07. The Morgan fingerprint density at radius 2 is 1.53 bits per heavy atom. The summed E-state index contributed by atoms with van der Waals surface area (Å²) in [6, 6.07) is 13.4. The fourth-order valence-electron chi connectivity index (χ4n) is 2.98. The van der Waals surface area contributed by atoms with E-state index in [1.165, 1.54) is 26.4 Å². The van der Waals surface area contributed by atoms with Crippen molar-refractivity contribution in [1.82, 2.24) is 4.98 Å². The number of pyridine rings is 1. The molecule has 0 radical (unpaired) electrons. The van der Waals surface area contributed by atoms with Crippen LogP contribution in [0, 0.1) is 0 Å². The van der Waals surface area contributed by atoms with E-state index in [1.54, 1.807) is 36.4 Å². The van der Waals surface area contributed by atoms with Crippen molar-refractivity contribution >= 4 is 5.97 Å². The fourth-order valence-corrected chi connectivity index (χ4v) is 2.98. The fraction of sp³-hybridized carbons (Fsp3) is 0.182. The Morgan fingerprint density at radius 1 is 0.867 bits per heavy atom. The summed E-state index contributed by atoms with van der Waals surface area (Å²) in [5.41, 5.74) is -0.641. The molecule has 1 aromatic heterocycles. The molecule has 0 saturated carbocycles. The van der Waals surface area contributed by atoms with Crippen LogP contribution in [0.1, 0.15) is 16.1 Å². The number of carbonyl (C=O) groups is 1. The van der Waals surface area contributed by atoms with Crippen molar-refractivity contribution in [3.63, 3.8) is 0 Å². The molecule has 5 nitrogen and oxygen atoms in total. The normalized spacial score (nSPS) is 11.1. The molecule has 0 bridgehead atoms. The summed E-state index contributed by atoms with van der Waals surface area (Å²) in [6.07, 6.45) is -4.72. The maximum atomic E-state index is 13.6. The summed E-state index contributed by atoms with van der Waals surface area (Å²) in [5, 5.41) is 0. The third-order valence-electron chi connectivity index (χ3n) is 4.44. The number of hydrogen-bond donors (Lipinski definition) is 0. The Bertz CT molecular complexity index is 1060.